The molecule has 4 rings (SSSR count). The van der Waals surface area contributed by atoms with Gasteiger partial charge in [0.1, 0.15) is 22.8 Å². The fourth-order valence-electron chi connectivity index (χ4n) is 2.73. The summed E-state index contributed by atoms with van der Waals surface area (Å²) in [4.78, 5) is 19.9. The number of benzene rings is 2. The van der Waals surface area contributed by atoms with Crippen molar-refractivity contribution in [3.05, 3.63) is 72.4 Å². The molecular weight excluding hydrogens is 411 g/mol. The molecule has 29 heavy (non-hydrogen) atoms. The van der Waals surface area contributed by atoms with E-state index in [4.69, 9.17) is 9.15 Å². The number of rotatable bonds is 7. The van der Waals surface area contributed by atoms with E-state index in [-0.39, 0.29) is 23.7 Å². The van der Waals surface area contributed by atoms with Gasteiger partial charge >= 0.3 is 0 Å². The van der Waals surface area contributed by atoms with E-state index in [0.717, 1.165) is 10.6 Å². The average molecular weight is 429 g/mol. The van der Waals surface area contributed by atoms with Gasteiger partial charge < -0.3 is 9.15 Å². The van der Waals surface area contributed by atoms with Gasteiger partial charge in [-0.05, 0) is 48.5 Å². The Hall–Kier alpha value is -2.84. The van der Waals surface area contributed by atoms with Crippen molar-refractivity contribution < 1.29 is 18.3 Å². The minimum absolute atomic E-state index is 0.137. The average Bonchev–Trinajstić information content (AvgIpc) is 3.41. The van der Waals surface area contributed by atoms with Gasteiger partial charge in [-0.1, -0.05) is 17.4 Å². The van der Waals surface area contributed by atoms with Crippen LogP contribution in [0.25, 0.3) is 10.2 Å². The molecule has 2 aromatic carbocycles. The van der Waals surface area contributed by atoms with Crippen molar-refractivity contribution in [1.29, 1.82) is 0 Å². The fourth-order valence-corrected chi connectivity index (χ4v) is 4.51. The molecule has 0 bridgehead atoms. The van der Waals surface area contributed by atoms with E-state index >= 15 is 0 Å². The number of hydrogen-bond acceptors (Lipinski definition) is 6. The smallest absolute Gasteiger partial charge is 0.239 e. The lowest BCUT2D eigenvalue weighted by atomic mass is 10.3. The maximum Gasteiger partial charge on any atom is 0.239 e. The second-order valence-electron chi connectivity index (χ2n) is 6.11. The normalized spacial score (nSPS) is 11.0. The van der Waals surface area contributed by atoms with Gasteiger partial charge in [-0.3, -0.25) is 9.69 Å². The number of carbonyl (C=O) groups excluding carboxylic acids is 1. The lowest BCUT2D eigenvalue weighted by Crippen LogP contribution is -2.31. The van der Waals surface area contributed by atoms with Crippen LogP contribution in [0.2, 0.25) is 0 Å². The third kappa shape index (κ3) is 4.44. The van der Waals surface area contributed by atoms with Gasteiger partial charge in [0.05, 0.1) is 30.4 Å². The molecule has 1 amide bonds. The first-order valence-corrected chi connectivity index (χ1v) is 10.6. The van der Waals surface area contributed by atoms with Crippen molar-refractivity contribution in [3.63, 3.8) is 0 Å². The highest BCUT2D eigenvalue weighted by Gasteiger charge is 2.22. The number of carbonyl (C=O) groups is 1. The molecule has 0 atom stereocenters. The van der Waals surface area contributed by atoms with E-state index in [2.05, 4.69) is 4.98 Å². The lowest BCUT2D eigenvalue weighted by molar-refractivity contribution is -0.116. The van der Waals surface area contributed by atoms with Gasteiger partial charge in [-0.2, -0.15) is 0 Å². The molecule has 148 valence electrons. The van der Waals surface area contributed by atoms with Crippen molar-refractivity contribution >= 4 is 44.4 Å². The zero-order valence-corrected chi connectivity index (χ0v) is 17.1. The largest absolute Gasteiger partial charge is 0.497 e. The Morgan fingerprint density at radius 3 is 2.72 bits per heavy atom. The summed E-state index contributed by atoms with van der Waals surface area (Å²) >= 11 is 2.70. The number of hydrogen-bond donors (Lipinski definition) is 0. The predicted octanol–water partition coefficient (Wildman–Crippen LogP) is 5.36. The molecule has 0 N–H and O–H groups in total. The third-order valence-corrected chi connectivity index (χ3v) is 6.25. The molecule has 5 nitrogen and oxygen atoms in total. The van der Waals surface area contributed by atoms with E-state index in [1.165, 1.54) is 29.2 Å². The van der Waals surface area contributed by atoms with Crippen LogP contribution in [0.4, 0.5) is 9.52 Å². The van der Waals surface area contributed by atoms with E-state index < -0.39 is 5.82 Å². The number of aromatic nitrogens is 1. The van der Waals surface area contributed by atoms with E-state index in [9.17, 15) is 9.18 Å². The first kappa shape index (κ1) is 19.5. The Labute approximate surface area is 175 Å². The number of furan rings is 1. The number of thiazole rings is 1. The first-order valence-electron chi connectivity index (χ1n) is 8.78. The highest BCUT2D eigenvalue weighted by atomic mass is 32.2. The zero-order chi connectivity index (χ0) is 20.2. The number of nitrogens with zero attached hydrogens (tertiary/aromatic N) is 2. The summed E-state index contributed by atoms with van der Waals surface area (Å²) in [5.41, 5.74) is 0.271. The van der Waals surface area contributed by atoms with E-state index in [1.54, 1.807) is 42.5 Å². The Bertz CT molecular complexity index is 1110. The summed E-state index contributed by atoms with van der Waals surface area (Å²) in [7, 11) is 1.61. The molecular formula is C21H17FN2O3S2. The Balaban J connectivity index is 1.57. The highest BCUT2D eigenvalue weighted by Crippen LogP contribution is 2.32. The number of halogens is 1. The van der Waals surface area contributed by atoms with Crippen LogP contribution in [0, 0.1) is 5.82 Å². The van der Waals surface area contributed by atoms with Crippen LogP contribution in [0.3, 0.4) is 0 Å². The Morgan fingerprint density at radius 2 is 2.03 bits per heavy atom. The third-order valence-electron chi connectivity index (χ3n) is 4.21. The summed E-state index contributed by atoms with van der Waals surface area (Å²) in [6.07, 6.45) is 1.56. The van der Waals surface area contributed by atoms with Crippen molar-refractivity contribution in [2.45, 2.75) is 11.4 Å². The van der Waals surface area contributed by atoms with Gasteiger partial charge in [0.2, 0.25) is 5.91 Å². The maximum absolute atomic E-state index is 14.1. The molecule has 4 aromatic rings. The van der Waals surface area contributed by atoms with Crippen molar-refractivity contribution in [2.24, 2.45) is 0 Å². The summed E-state index contributed by atoms with van der Waals surface area (Å²) < 4.78 is 25.3. The summed E-state index contributed by atoms with van der Waals surface area (Å²) in [6, 6.07) is 15.9. The molecule has 0 aliphatic rings. The van der Waals surface area contributed by atoms with Gasteiger partial charge in [0.25, 0.3) is 0 Å². The van der Waals surface area contributed by atoms with Crippen LogP contribution in [0.5, 0.6) is 5.75 Å². The van der Waals surface area contributed by atoms with E-state index in [1.807, 2.05) is 24.3 Å². The standard InChI is InChI=1S/C21H17FN2O3S2/c1-26-14-7-9-16(10-8-14)28-13-19(25)24(12-15-4-3-11-27-15)21-23-20-17(22)5-2-6-18(20)29-21/h2-11H,12-13H2,1H3. The molecule has 0 unspecified atom stereocenters. The fraction of sp³-hybridized carbons (Fsp3) is 0.143. The number of thioether (sulfide) groups is 1. The van der Waals surface area contributed by atoms with Crippen LogP contribution in [-0.4, -0.2) is 23.8 Å². The number of amides is 1. The molecule has 0 fully saturated rings. The van der Waals surface area contributed by atoms with E-state index in [0.29, 0.717) is 15.6 Å². The molecule has 0 radical (unpaired) electrons. The molecule has 0 saturated carbocycles. The van der Waals surface area contributed by atoms with Crippen molar-refractivity contribution in [2.75, 3.05) is 17.8 Å². The number of anilines is 1. The molecule has 0 aliphatic carbocycles. The van der Waals surface area contributed by atoms with Crippen molar-refractivity contribution in [1.82, 2.24) is 4.98 Å². The molecule has 0 aliphatic heterocycles. The van der Waals surface area contributed by atoms with Gasteiger partial charge in [0, 0.05) is 4.90 Å². The Morgan fingerprint density at radius 1 is 1.21 bits per heavy atom. The molecule has 0 saturated heterocycles. The highest BCUT2D eigenvalue weighted by molar-refractivity contribution is 8.00. The topological polar surface area (TPSA) is 55.6 Å². The summed E-state index contributed by atoms with van der Waals surface area (Å²) in [5.74, 6) is 1.07. The zero-order valence-electron chi connectivity index (χ0n) is 15.5. The SMILES string of the molecule is COc1ccc(SCC(=O)N(Cc2ccco2)c2nc3c(F)cccc3s2)cc1. The molecule has 0 spiro atoms. The molecule has 2 aromatic heterocycles. The number of methoxy groups -OCH3 is 1. The molecule has 2 heterocycles. The van der Waals surface area contributed by atoms with Gasteiger partial charge in [-0.15, -0.1) is 11.8 Å². The second-order valence-corrected chi connectivity index (χ2v) is 8.16. The van der Waals surface area contributed by atoms with Crippen LogP contribution >= 0.6 is 23.1 Å². The van der Waals surface area contributed by atoms with Crippen LogP contribution in [0.15, 0.2) is 70.2 Å². The summed E-state index contributed by atoms with van der Waals surface area (Å²) in [5, 5.41) is 0.446. The minimum Gasteiger partial charge on any atom is -0.497 e. The van der Waals surface area contributed by atoms with Crippen molar-refractivity contribution in [3.8, 4) is 5.75 Å². The number of ether oxygens (including phenoxy) is 1. The monoisotopic (exact) mass is 428 g/mol. The first-order chi connectivity index (χ1) is 14.1. The predicted molar refractivity (Wildman–Crippen MR) is 113 cm³/mol. The van der Waals surface area contributed by atoms with Gasteiger partial charge in [0.15, 0.2) is 5.13 Å². The second kappa shape index (κ2) is 8.67. The molecule has 8 heteroatoms. The Kier molecular flexibility index (Phi) is 5.82. The summed E-state index contributed by atoms with van der Waals surface area (Å²) in [6.45, 7) is 0.233. The van der Waals surface area contributed by atoms with Gasteiger partial charge in [-0.25, -0.2) is 9.37 Å². The van der Waals surface area contributed by atoms with Crippen LogP contribution in [-0.2, 0) is 11.3 Å². The number of para-hydroxylation sites is 1. The minimum atomic E-state index is -0.400. The van der Waals surface area contributed by atoms with Crippen LogP contribution in [0.1, 0.15) is 5.76 Å². The quantitative estimate of drug-likeness (QED) is 0.371. The number of fused-ring (bicyclic) bond motifs is 1. The maximum atomic E-state index is 14.1. The lowest BCUT2D eigenvalue weighted by Gasteiger charge is -2.18. The van der Waals surface area contributed by atoms with Crippen LogP contribution < -0.4 is 9.64 Å².